The number of hydrogen-bond donors (Lipinski definition) is 1. The van der Waals surface area contributed by atoms with Crippen molar-refractivity contribution in [2.45, 2.75) is 43.7 Å². The lowest BCUT2D eigenvalue weighted by Gasteiger charge is -2.33. The zero-order valence-corrected chi connectivity index (χ0v) is 15.2. The van der Waals surface area contributed by atoms with Crippen LogP contribution in [-0.4, -0.2) is 36.7 Å². The maximum Gasteiger partial charge on any atom is 0.409 e. The second kappa shape index (κ2) is 7.12. The fourth-order valence-corrected chi connectivity index (χ4v) is 4.33. The molecule has 4 rings (SSSR count). The highest BCUT2D eigenvalue weighted by molar-refractivity contribution is 5.79. The first kappa shape index (κ1) is 17.1. The van der Waals surface area contributed by atoms with Crippen LogP contribution in [0.5, 0.6) is 0 Å². The van der Waals surface area contributed by atoms with Crippen molar-refractivity contribution in [3.05, 3.63) is 59.7 Å². The molecule has 0 radical (unpaired) electrons. The molecule has 0 aliphatic heterocycles. The minimum Gasteiger partial charge on any atom is -0.448 e. The second-order valence-corrected chi connectivity index (χ2v) is 7.48. The van der Waals surface area contributed by atoms with Gasteiger partial charge < -0.3 is 15.4 Å². The predicted octanol–water partition coefficient (Wildman–Crippen LogP) is 4.14. The molecule has 0 aromatic heterocycles. The molecular formula is C22H26N2O2. The van der Waals surface area contributed by atoms with E-state index in [-0.39, 0.29) is 24.1 Å². The van der Waals surface area contributed by atoms with Crippen molar-refractivity contribution < 1.29 is 9.53 Å². The van der Waals surface area contributed by atoms with Crippen LogP contribution in [0.2, 0.25) is 0 Å². The number of hydrogen-bond acceptors (Lipinski definition) is 3. The van der Waals surface area contributed by atoms with E-state index in [4.69, 9.17) is 10.5 Å². The quantitative estimate of drug-likeness (QED) is 0.905. The zero-order valence-electron chi connectivity index (χ0n) is 15.2. The summed E-state index contributed by atoms with van der Waals surface area (Å²) in [6.07, 6.45) is 3.65. The van der Waals surface area contributed by atoms with E-state index < -0.39 is 0 Å². The van der Waals surface area contributed by atoms with Crippen LogP contribution in [0.4, 0.5) is 4.79 Å². The maximum absolute atomic E-state index is 12.6. The Labute approximate surface area is 155 Å². The van der Waals surface area contributed by atoms with Gasteiger partial charge in [-0.25, -0.2) is 4.79 Å². The molecule has 0 saturated heterocycles. The molecule has 0 atom stereocenters. The largest absolute Gasteiger partial charge is 0.448 e. The van der Waals surface area contributed by atoms with Gasteiger partial charge >= 0.3 is 6.09 Å². The van der Waals surface area contributed by atoms with E-state index in [2.05, 4.69) is 48.5 Å². The summed E-state index contributed by atoms with van der Waals surface area (Å²) in [5, 5.41) is 0. The topological polar surface area (TPSA) is 55.6 Å². The molecule has 0 bridgehead atoms. The van der Waals surface area contributed by atoms with Gasteiger partial charge in [0.2, 0.25) is 0 Å². The number of ether oxygens (including phenoxy) is 1. The fourth-order valence-electron chi connectivity index (χ4n) is 4.33. The highest BCUT2D eigenvalue weighted by atomic mass is 16.6. The van der Waals surface area contributed by atoms with Crippen molar-refractivity contribution in [1.29, 1.82) is 0 Å². The van der Waals surface area contributed by atoms with E-state index in [1.165, 1.54) is 22.3 Å². The normalized spacial score (nSPS) is 21.8. The summed E-state index contributed by atoms with van der Waals surface area (Å²) in [4.78, 5) is 14.3. The molecule has 2 aliphatic carbocycles. The third-order valence-electron chi connectivity index (χ3n) is 5.91. The molecule has 0 heterocycles. The lowest BCUT2D eigenvalue weighted by molar-refractivity contribution is 0.0855. The van der Waals surface area contributed by atoms with Gasteiger partial charge in [-0.2, -0.15) is 0 Å². The zero-order chi connectivity index (χ0) is 18.1. The average Bonchev–Trinajstić information content (AvgIpc) is 3.00. The standard InChI is InChI=1S/C22H26N2O2/c1-24(16-12-10-15(23)11-13-16)22(25)26-14-21-19-8-4-2-6-17(19)18-7-3-5-9-20(18)21/h2-9,15-16,21H,10-14,23H2,1H3. The third-order valence-corrected chi connectivity index (χ3v) is 5.91. The van der Waals surface area contributed by atoms with Crippen LogP contribution in [0.25, 0.3) is 11.1 Å². The van der Waals surface area contributed by atoms with E-state index >= 15 is 0 Å². The summed E-state index contributed by atoms with van der Waals surface area (Å²) >= 11 is 0. The monoisotopic (exact) mass is 350 g/mol. The molecule has 26 heavy (non-hydrogen) atoms. The summed E-state index contributed by atoms with van der Waals surface area (Å²) in [6.45, 7) is 0.378. The number of nitrogens with two attached hydrogens (primary N) is 1. The highest BCUT2D eigenvalue weighted by Crippen LogP contribution is 2.44. The average molecular weight is 350 g/mol. The minimum absolute atomic E-state index is 0.111. The van der Waals surface area contributed by atoms with Gasteiger partial charge in [-0.15, -0.1) is 0 Å². The highest BCUT2D eigenvalue weighted by Gasteiger charge is 2.31. The lowest BCUT2D eigenvalue weighted by Crippen LogP contribution is -2.42. The van der Waals surface area contributed by atoms with Gasteiger partial charge in [-0.05, 0) is 47.9 Å². The molecule has 2 aliphatic rings. The number of amides is 1. The van der Waals surface area contributed by atoms with E-state index in [0.29, 0.717) is 6.61 Å². The molecule has 2 aromatic carbocycles. The second-order valence-electron chi connectivity index (χ2n) is 7.48. The third kappa shape index (κ3) is 3.10. The van der Waals surface area contributed by atoms with Gasteiger partial charge in [0.15, 0.2) is 0 Å². The first-order valence-electron chi connectivity index (χ1n) is 9.48. The van der Waals surface area contributed by atoms with Crippen LogP contribution < -0.4 is 5.73 Å². The fraction of sp³-hybridized carbons (Fsp3) is 0.409. The number of rotatable bonds is 3. The Kier molecular flexibility index (Phi) is 4.68. The van der Waals surface area contributed by atoms with Crippen molar-refractivity contribution in [3.8, 4) is 11.1 Å². The van der Waals surface area contributed by atoms with E-state index in [1.54, 1.807) is 4.90 Å². The van der Waals surface area contributed by atoms with Gasteiger partial charge in [0.05, 0.1) is 0 Å². The molecule has 1 fully saturated rings. The van der Waals surface area contributed by atoms with Gasteiger partial charge in [0, 0.05) is 25.0 Å². The first-order valence-corrected chi connectivity index (χ1v) is 9.48. The Hall–Kier alpha value is -2.33. The van der Waals surface area contributed by atoms with Crippen molar-refractivity contribution in [1.82, 2.24) is 4.90 Å². The molecule has 0 unspecified atom stereocenters. The van der Waals surface area contributed by atoms with Crippen molar-refractivity contribution >= 4 is 6.09 Å². The Morgan fingerprint density at radius 3 is 2.12 bits per heavy atom. The number of nitrogens with zero attached hydrogens (tertiary/aromatic N) is 1. The maximum atomic E-state index is 12.6. The Morgan fingerprint density at radius 1 is 1.00 bits per heavy atom. The number of carbonyl (C=O) groups is 1. The van der Waals surface area contributed by atoms with E-state index in [1.807, 2.05) is 7.05 Å². The van der Waals surface area contributed by atoms with Crippen LogP contribution in [0.15, 0.2) is 48.5 Å². The molecule has 136 valence electrons. The van der Waals surface area contributed by atoms with Gasteiger partial charge in [0.1, 0.15) is 6.61 Å². The molecule has 4 nitrogen and oxygen atoms in total. The lowest BCUT2D eigenvalue weighted by atomic mass is 9.91. The van der Waals surface area contributed by atoms with Gasteiger partial charge in [-0.1, -0.05) is 48.5 Å². The smallest absolute Gasteiger partial charge is 0.409 e. The molecule has 0 spiro atoms. The number of fused-ring (bicyclic) bond motifs is 3. The molecule has 1 amide bonds. The van der Waals surface area contributed by atoms with Crippen LogP contribution in [-0.2, 0) is 4.74 Å². The molecule has 4 heteroatoms. The van der Waals surface area contributed by atoms with Gasteiger partial charge in [0.25, 0.3) is 0 Å². The number of benzene rings is 2. The Bertz CT molecular complexity index is 751. The van der Waals surface area contributed by atoms with Crippen molar-refractivity contribution in [2.24, 2.45) is 5.73 Å². The van der Waals surface area contributed by atoms with Crippen LogP contribution in [0, 0.1) is 0 Å². The summed E-state index contributed by atoms with van der Waals surface area (Å²) < 4.78 is 5.74. The minimum atomic E-state index is -0.229. The van der Waals surface area contributed by atoms with Crippen LogP contribution in [0.1, 0.15) is 42.7 Å². The van der Waals surface area contributed by atoms with Gasteiger partial charge in [-0.3, -0.25) is 0 Å². The van der Waals surface area contributed by atoms with E-state index in [0.717, 1.165) is 25.7 Å². The SMILES string of the molecule is CN(C(=O)OCC1c2ccccc2-c2ccccc21)C1CCC(N)CC1. The van der Waals surface area contributed by atoms with Crippen LogP contribution >= 0.6 is 0 Å². The molecule has 2 aromatic rings. The van der Waals surface area contributed by atoms with Crippen molar-refractivity contribution in [3.63, 3.8) is 0 Å². The van der Waals surface area contributed by atoms with E-state index in [9.17, 15) is 4.79 Å². The summed E-state index contributed by atoms with van der Waals surface area (Å²) in [5.74, 6) is 0.111. The Morgan fingerprint density at radius 2 is 1.54 bits per heavy atom. The summed E-state index contributed by atoms with van der Waals surface area (Å²) in [6, 6.07) is 17.3. The summed E-state index contributed by atoms with van der Waals surface area (Å²) in [7, 11) is 1.85. The molecular weight excluding hydrogens is 324 g/mol. The van der Waals surface area contributed by atoms with Crippen LogP contribution in [0.3, 0.4) is 0 Å². The Balaban J connectivity index is 1.45. The number of carbonyl (C=O) groups excluding carboxylic acids is 1. The molecule has 1 saturated carbocycles. The summed E-state index contributed by atoms with van der Waals surface area (Å²) in [5.41, 5.74) is 11.0. The molecule has 2 N–H and O–H groups in total. The first-order chi connectivity index (χ1) is 12.6. The predicted molar refractivity (Wildman–Crippen MR) is 103 cm³/mol. The van der Waals surface area contributed by atoms with Crippen molar-refractivity contribution in [2.75, 3.05) is 13.7 Å².